The van der Waals surface area contributed by atoms with Crippen LogP contribution in [0.1, 0.15) is 6.92 Å². The van der Waals surface area contributed by atoms with Crippen LogP contribution in [0.25, 0.3) is 0 Å². The van der Waals surface area contributed by atoms with Gasteiger partial charge in [0.05, 0.1) is 5.66 Å². The van der Waals surface area contributed by atoms with Crippen LogP contribution in [0.2, 0.25) is 0 Å². The van der Waals surface area contributed by atoms with Crippen molar-refractivity contribution in [1.29, 1.82) is 0 Å². The normalized spacial score (nSPS) is 37.6. The van der Waals surface area contributed by atoms with E-state index in [1.54, 1.807) is 0 Å². The van der Waals surface area contributed by atoms with Crippen LogP contribution in [0.4, 0.5) is 0 Å². The van der Waals surface area contributed by atoms with Crippen molar-refractivity contribution in [1.82, 2.24) is 20.9 Å². The molecule has 2 heterocycles. The van der Waals surface area contributed by atoms with Crippen LogP contribution in [-0.4, -0.2) is 56.4 Å². The van der Waals surface area contributed by atoms with Gasteiger partial charge < -0.3 is 10.6 Å². The topological polar surface area (TPSA) is 41.4 Å². The second-order valence-electron chi connectivity index (χ2n) is 4.01. The van der Waals surface area contributed by atoms with E-state index in [1.807, 2.05) is 0 Å². The van der Waals surface area contributed by atoms with E-state index in [0.717, 1.165) is 45.8 Å². The van der Waals surface area contributed by atoms with Crippen LogP contribution in [-0.2, 0) is 0 Å². The molecule has 2 N–H and O–H groups in total. The molecule has 2 saturated heterocycles. The zero-order chi connectivity index (χ0) is 9.15. The van der Waals surface area contributed by atoms with Gasteiger partial charge in [-0.3, -0.25) is 4.90 Å². The predicted octanol–water partition coefficient (Wildman–Crippen LogP) is -1.18. The lowest BCUT2D eigenvalue weighted by molar-refractivity contribution is 0.0422. The minimum absolute atomic E-state index is 0.0559. The van der Waals surface area contributed by atoms with E-state index in [4.69, 9.17) is 5.32 Å². The lowest BCUT2D eigenvalue weighted by atomic mass is 10.1. The molecular weight excluding hydrogens is 164 g/mol. The Morgan fingerprint density at radius 1 is 1.15 bits per heavy atom. The fourth-order valence-electron chi connectivity index (χ4n) is 2.12. The standard InChI is InChI=1S/C9H19N4/c1-9(8-11-2-3-12-9)13-6-4-10-5-7-13/h10-11H,2-8H2,1H3. The van der Waals surface area contributed by atoms with Crippen molar-refractivity contribution in [2.24, 2.45) is 0 Å². The molecule has 1 unspecified atom stereocenters. The quantitative estimate of drug-likeness (QED) is 0.537. The van der Waals surface area contributed by atoms with Crippen molar-refractivity contribution < 1.29 is 0 Å². The molecule has 4 nitrogen and oxygen atoms in total. The molecule has 2 fully saturated rings. The monoisotopic (exact) mass is 183 g/mol. The molecule has 0 spiro atoms. The molecule has 0 aromatic heterocycles. The largest absolute Gasteiger partial charge is 0.314 e. The lowest BCUT2D eigenvalue weighted by Crippen LogP contribution is -2.66. The van der Waals surface area contributed by atoms with E-state index in [2.05, 4.69) is 22.5 Å². The van der Waals surface area contributed by atoms with Gasteiger partial charge in [-0.2, -0.15) is 0 Å². The number of piperazine rings is 2. The zero-order valence-electron chi connectivity index (χ0n) is 8.34. The Labute approximate surface area is 80.1 Å². The Balaban J connectivity index is 1.94. The van der Waals surface area contributed by atoms with Crippen LogP contribution in [0.3, 0.4) is 0 Å². The SMILES string of the molecule is CC1(N2CCNCC2)CNCC[N]1. The van der Waals surface area contributed by atoms with Gasteiger partial charge in [0, 0.05) is 45.8 Å². The molecular formula is C9H19N4. The first kappa shape index (κ1) is 9.40. The van der Waals surface area contributed by atoms with Gasteiger partial charge in [-0.15, -0.1) is 0 Å². The fourth-order valence-corrected chi connectivity index (χ4v) is 2.12. The molecule has 2 aliphatic rings. The van der Waals surface area contributed by atoms with Crippen LogP contribution >= 0.6 is 0 Å². The van der Waals surface area contributed by atoms with E-state index in [1.165, 1.54) is 0 Å². The van der Waals surface area contributed by atoms with E-state index >= 15 is 0 Å². The Bertz CT molecular complexity index is 159. The van der Waals surface area contributed by atoms with Gasteiger partial charge in [0.15, 0.2) is 0 Å². The van der Waals surface area contributed by atoms with Crippen LogP contribution in [0, 0.1) is 0 Å². The van der Waals surface area contributed by atoms with Crippen molar-refractivity contribution >= 4 is 0 Å². The third-order valence-corrected chi connectivity index (χ3v) is 3.00. The van der Waals surface area contributed by atoms with Gasteiger partial charge in [0.2, 0.25) is 0 Å². The van der Waals surface area contributed by atoms with E-state index < -0.39 is 0 Å². The summed E-state index contributed by atoms with van der Waals surface area (Å²) in [6.07, 6.45) is 0. The van der Waals surface area contributed by atoms with E-state index in [9.17, 15) is 0 Å². The summed E-state index contributed by atoms with van der Waals surface area (Å²) < 4.78 is 0. The summed E-state index contributed by atoms with van der Waals surface area (Å²) in [6, 6.07) is 0. The molecule has 2 aliphatic heterocycles. The van der Waals surface area contributed by atoms with Crippen molar-refractivity contribution in [3.05, 3.63) is 0 Å². The minimum atomic E-state index is 0.0559. The van der Waals surface area contributed by atoms with Gasteiger partial charge in [0.25, 0.3) is 0 Å². The van der Waals surface area contributed by atoms with Gasteiger partial charge in [-0.1, -0.05) is 0 Å². The Morgan fingerprint density at radius 3 is 2.54 bits per heavy atom. The molecule has 13 heavy (non-hydrogen) atoms. The first-order valence-electron chi connectivity index (χ1n) is 5.16. The summed E-state index contributed by atoms with van der Waals surface area (Å²) in [5.41, 5.74) is 0.0559. The molecule has 0 bridgehead atoms. The highest BCUT2D eigenvalue weighted by Gasteiger charge is 2.34. The second kappa shape index (κ2) is 3.92. The number of rotatable bonds is 1. The van der Waals surface area contributed by atoms with E-state index in [0.29, 0.717) is 0 Å². The van der Waals surface area contributed by atoms with Crippen LogP contribution in [0.5, 0.6) is 0 Å². The number of nitrogens with zero attached hydrogens (tertiary/aromatic N) is 2. The molecule has 4 heteroatoms. The predicted molar refractivity (Wildman–Crippen MR) is 52.7 cm³/mol. The Hall–Kier alpha value is -0.160. The molecule has 0 amide bonds. The smallest absolute Gasteiger partial charge is 0.0972 e. The highest BCUT2D eigenvalue weighted by Crippen LogP contribution is 2.14. The fraction of sp³-hybridized carbons (Fsp3) is 1.00. The van der Waals surface area contributed by atoms with Crippen LogP contribution < -0.4 is 16.0 Å². The molecule has 1 radical (unpaired) electrons. The van der Waals surface area contributed by atoms with Gasteiger partial charge >= 0.3 is 0 Å². The molecule has 0 saturated carbocycles. The third-order valence-electron chi connectivity index (χ3n) is 3.00. The summed E-state index contributed by atoms with van der Waals surface area (Å²) >= 11 is 0. The summed E-state index contributed by atoms with van der Waals surface area (Å²) in [5.74, 6) is 0. The van der Waals surface area contributed by atoms with E-state index in [-0.39, 0.29) is 5.66 Å². The molecule has 75 valence electrons. The lowest BCUT2D eigenvalue weighted by Gasteiger charge is -2.45. The summed E-state index contributed by atoms with van der Waals surface area (Å²) in [5, 5.41) is 11.5. The highest BCUT2D eigenvalue weighted by molar-refractivity contribution is 4.90. The molecule has 1 atom stereocenters. The second-order valence-corrected chi connectivity index (χ2v) is 4.01. The van der Waals surface area contributed by atoms with Gasteiger partial charge in [-0.05, 0) is 6.92 Å². The number of nitrogens with one attached hydrogen (secondary N) is 2. The maximum absolute atomic E-state index is 4.72. The zero-order valence-corrected chi connectivity index (χ0v) is 8.34. The van der Waals surface area contributed by atoms with Crippen molar-refractivity contribution in [2.75, 3.05) is 45.8 Å². The van der Waals surface area contributed by atoms with Gasteiger partial charge in [-0.25, -0.2) is 5.32 Å². The maximum Gasteiger partial charge on any atom is 0.0972 e. The van der Waals surface area contributed by atoms with Crippen LogP contribution in [0.15, 0.2) is 0 Å². The number of hydrogen-bond acceptors (Lipinski definition) is 3. The van der Waals surface area contributed by atoms with Gasteiger partial charge in [0.1, 0.15) is 0 Å². The first-order valence-corrected chi connectivity index (χ1v) is 5.16. The molecule has 0 aromatic rings. The Morgan fingerprint density at radius 2 is 1.92 bits per heavy atom. The molecule has 0 aliphatic carbocycles. The average molecular weight is 183 g/mol. The molecule has 0 aromatic carbocycles. The summed E-state index contributed by atoms with van der Waals surface area (Å²) in [4.78, 5) is 2.48. The Kier molecular flexibility index (Phi) is 2.83. The first-order chi connectivity index (χ1) is 6.31. The highest BCUT2D eigenvalue weighted by atomic mass is 15.4. The molecule has 2 rings (SSSR count). The maximum atomic E-state index is 4.72. The summed E-state index contributed by atoms with van der Waals surface area (Å²) in [6.45, 7) is 9.71. The third kappa shape index (κ3) is 2.02. The van der Waals surface area contributed by atoms with Crippen molar-refractivity contribution in [2.45, 2.75) is 12.6 Å². The van der Waals surface area contributed by atoms with Crippen molar-refractivity contribution in [3.8, 4) is 0 Å². The van der Waals surface area contributed by atoms with Crippen molar-refractivity contribution in [3.63, 3.8) is 0 Å². The average Bonchev–Trinajstić information content (AvgIpc) is 2.20. The number of hydrogen-bond donors (Lipinski definition) is 2. The summed E-state index contributed by atoms with van der Waals surface area (Å²) in [7, 11) is 0. The minimum Gasteiger partial charge on any atom is -0.314 e.